The number of nitrogens with zero attached hydrogens (tertiary/aromatic N) is 1. The van der Waals surface area contributed by atoms with E-state index >= 15 is 0 Å². The zero-order valence-corrected chi connectivity index (χ0v) is 9.87. The molecule has 2 rings (SSSR count). The van der Waals surface area contributed by atoms with Gasteiger partial charge in [-0.3, -0.25) is 4.79 Å². The Labute approximate surface area is 105 Å². The van der Waals surface area contributed by atoms with Crippen molar-refractivity contribution in [1.82, 2.24) is 5.32 Å². The molecule has 0 aliphatic heterocycles. The Bertz CT molecular complexity index is 512. The minimum Gasteiger partial charge on any atom is -0.349 e. The van der Waals surface area contributed by atoms with Crippen LogP contribution >= 0.6 is 11.6 Å². The Hall–Kier alpha value is -1.79. The van der Waals surface area contributed by atoms with Gasteiger partial charge in [-0.05, 0) is 36.6 Å². The smallest absolute Gasteiger partial charge is 0.262 e. The van der Waals surface area contributed by atoms with Gasteiger partial charge in [-0.25, -0.2) is 0 Å². The molecule has 0 saturated heterocycles. The van der Waals surface area contributed by atoms with E-state index in [0.29, 0.717) is 5.02 Å². The minimum atomic E-state index is -0.310. The molecule has 1 aromatic rings. The van der Waals surface area contributed by atoms with Gasteiger partial charge in [0.25, 0.3) is 5.91 Å². The zero-order valence-electron chi connectivity index (χ0n) is 9.11. The number of rotatable bonds is 3. The molecule has 1 N–H and O–H groups in total. The maximum atomic E-state index is 11.7. The molecule has 0 aromatic heterocycles. The van der Waals surface area contributed by atoms with Gasteiger partial charge in [-0.15, -0.1) is 0 Å². The van der Waals surface area contributed by atoms with Gasteiger partial charge in [0.2, 0.25) is 0 Å². The van der Waals surface area contributed by atoms with Gasteiger partial charge in [0.15, 0.2) is 0 Å². The van der Waals surface area contributed by atoms with Gasteiger partial charge in [-0.1, -0.05) is 23.7 Å². The fourth-order valence-electron chi connectivity index (χ4n) is 1.40. The van der Waals surface area contributed by atoms with Crippen LogP contribution < -0.4 is 5.32 Å². The lowest BCUT2D eigenvalue weighted by molar-refractivity contribution is -0.117. The van der Waals surface area contributed by atoms with Crippen LogP contribution in [0.3, 0.4) is 0 Å². The molecule has 17 heavy (non-hydrogen) atoms. The van der Waals surface area contributed by atoms with Crippen molar-refractivity contribution in [3.63, 3.8) is 0 Å². The van der Waals surface area contributed by atoms with E-state index in [1.54, 1.807) is 30.3 Å². The van der Waals surface area contributed by atoms with Crippen molar-refractivity contribution >= 4 is 23.6 Å². The van der Waals surface area contributed by atoms with Crippen molar-refractivity contribution in [3.05, 3.63) is 40.4 Å². The van der Waals surface area contributed by atoms with Crippen LogP contribution in [0.25, 0.3) is 6.08 Å². The summed E-state index contributed by atoms with van der Waals surface area (Å²) in [6.07, 6.45) is 3.55. The van der Waals surface area contributed by atoms with E-state index in [4.69, 9.17) is 16.9 Å². The number of carbonyl (C=O) groups excluding carboxylic acids is 1. The summed E-state index contributed by atoms with van der Waals surface area (Å²) in [6.45, 7) is 0. The molecule has 1 amide bonds. The second kappa shape index (κ2) is 5.03. The van der Waals surface area contributed by atoms with Crippen molar-refractivity contribution in [2.24, 2.45) is 0 Å². The summed E-state index contributed by atoms with van der Waals surface area (Å²) in [5.41, 5.74) is 0.860. The van der Waals surface area contributed by atoms with Crippen molar-refractivity contribution in [1.29, 1.82) is 5.26 Å². The van der Waals surface area contributed by atoms with Gasteiger partial charge in [0.05, 0.1) is 0 Å². The molecule has 0 unspecified atom stereocenters. The quantitative estimate of drug-likeness (QED) is 0.658. The van der Waals surface area contributed by atoms with Crippen molar-refractivity contribution in [3.8, 4) is 6.07 Å². The lowest BCUT2D eigenvalue weighted by Crippen LogP contribution is -2.26. The number of nitriles is 1. The molecule has 0 heterocycles. The van der Waals surface area contributed by atoms with E-state index in [1.807, 2.05) is 6.07 Å². The third-order valence-corrected chi connectivity index (χ3v) is 2.67. The Morgan fingerprint density at radius 3 is 2.88 bits per heavy atom. The maximum absolute atomic E-state index is 11.7. The van der Waals surface area contributed by atoms with Crippen LogP contribution in [0.15, 0.2) is 29.8 Å². The number of carbonyl (C=O) groups is 1. The highest BCUT2D eigenvalue weighted by Crippen LogP contribution is 2.19. The summed E-state index contributed by atoms with van der Waals surface area (Å²) < 4.78 is 0. The summed E-state index contributed by atoms with van der Waals surface area (Å²) in [5.74, 6) is -0.310. The van der Waals surface area contributed by atoms with Gasteiger partial charge >= 0.3 is 0 Å². The SMILES string of the molecule is N#C/C(=C\c1cccc(Cl)c1)C(=O)NC1CC1. The second-order valence-electron chi connectivity index (χ2n) is 3.97. The summed E-state index contributed by atoms with van der Waals surface area (Å²) in [4.78, 5) is 11.7. The largest absolute Gasteiger partial charge is 0.349 e. The van der Waals surface area contributed by atoms with Gasteiger partial charge in [0, 0.05) is 11.1 Å². The maximum Gasteiger partial charge on any atom is 0.262 e. The lowest BCUT2D eigenvalue weighted by atomic mass is 10.1. The van der Waals surface area contributed by atoms with Gasteiger partial charge in [-0.2, -0.15) is 5.26 Å². The number of amides is 1. The molecule has 4 heteroatoms. The predicted octanol–water partition coefficient (Wildman–Crippen LogP) is 2.53. The first kappa shape index (κ1) is 11.7. The molecule has 3 nitrogen and oxygen atoms in total. The summed E-state index contributed by atoms with van der Waals surface area (Å²) in [6, 6.07) is 9.19. The molecule has 1 aromatic carbocycles. The zero-order chi connectivity index (χ0) is 12.3. The average molecular weight is 247 g/mol. The molecule has 0 bridgehead atoms. The average Bonchev–Trinajstić information content (AvgIpc) is 3.09. The van der Waals surface area contributed by atoms with E-state index < -0.39 is 0 Å². The van der Waals surface area contributed by atoms with E-state index in [9.17, 15) is 4.79 Å². The first-order valence-electron chi connectivity index (χ1n) is 5.37. The second-order valence-corrected chi connectivity index (χ2v) is 4.41. The standard InChI is InChI=1S/C13H11ClN2O/c14-11-3-1-2-9(7-11)6-10(8-15)13(17)16-12-4-5-12/h1-3,6-7,12H,4-5H2,(H,16,17)/b10-6+. The summed E-state index contributed by atoms with van der Waals surface area (Å²) in [5, 5.41) is 12.3. The monoisotopic (exact) mass is 246 g/mol. The first-order chi connectivity index (χ1) is 8.19. The van der Waals surface area contributed by atoms with Crippen LogP contribution in [0.4, 0.5) is 0 Å². The summed E-state index contributed by atoms with van der Waals surface area (Å²) >= 11 is 5.83. The third kappa shape index (κ3) is 3.33. The Balaban J connectivity index is 2.16. The predicted molar refractivity (Wildman–Crippen MR) is 66.2 cm³/mol. The highest BCUT2D eigenvalue weighted by Gasteiger charge is 2.24. The summed E-state index contributed by atoms with van der Waals surface area (Å²) in [7, 11) is 0. The van der Waals surface area contributed by atoms with E-state index in [2.05, 4.69) is 5.32 Å². The van der Waals surface area contributed by atoms with Crippen LogP contribution in [0.5, 0.6) is 0 Å². The van der Waals surface area contributed by atoms with E-state index in [-0.39, 0.29) is 17.5 Å². The molecule has 0 atom stereocenters. The normalized spacial score (nSPS) is 15.2. The molecule has 1 aliphatic rings. The molecular formula is C13H11ClN2O. The number of hydrogen-bond acceptors (Lipinski definition) is 2. The molecular weight excluding hydrogens is 236 g/mol. The molecule has 0 spiro atoms. The molecule has 1 saturated carbocycles. The fourth-order valence-corrected chi connectivity index (χ4v) is 1.60. The van der Waals surface area contributed by atoms with E-state index in [1.165, 1.54) is 0 Å². The van der Waals surface area contributed by atoms with Crippen LogP contribution in [-0.2, 0) is 4.79 Å². The fraction of sp³-hybridized carbons (Fsp3) is 0.231. The highest BCUT2D eigenvalue weighted by molar-refractivity contribution is 6.30. The molecule has 0 radical (unpaired) electrons. The topological polar surface area (TPSA) is 52.9 Å². The van der Waals surface area contributed by atoms with Crippen molar-refractivity contribution in [2.75, 3.05) is 0 Å². The van der Waals surface area contributed by atoms with Crippen LogP contribution in [0, 0.1) is 11.3 Å². The number of benzene rings is 1. The Kier molecular flexibility index (Phi) is 3.46. The van der Waals surface area contributed by atoms with Crippen molar-refractivity contribution in [2.45, 2.75) is 18.9 Å². The Morgan fingerprint density at radius 2 is 2.29 bits per heavy atom. The van der Waals surface area contributed by atoms with Crippen LogP contribution in [0.2, 0.25) is 5.02 Å². The van der Waals surface area contributed by atoms with Crippen LogP contribution in [0.1, 0.15) is 18.4 Å². The number of hydrogen-bond donors (Lipinski definition) is 1. The van der Waals surface area contributed by atoms with Gasteiger partial charge in [0.1, 0.15) is 11.6 Å². The minimum absolute atomic E-state index is 0.110. The van der Waals surface area contributed by atoms with Crippen LogP contribution in [-0.4, -0.2) is 11.9 Å². The molecule has 1 fully saturated rings. The Morgan fingerprint density at radius 1 is 1.53 bits per heavy atom. The lowest BCUT2D eigenvalue weighted by Gasteiger charge is -2.01. The number of halogens is 1. The van der Waals surface area contributed by atoms with E-state index in [0.717, 1.165) is 18.4 Å². The highest BCUT2D eigenvalue weighted by atomic mass is 35.5. The van der Waals surface area contributed by atoms with Gasteiger partial charge < -0.3 is 5.32 Å². The first-order valence-corrected chi connectivity index (χ1v) is 5.75. The number of nitrogens with one attached hydrogen (secondary N) is 1. The molecule has 86 valence electrons. The van der Waals surface area contributed by atoms with Crippen molar-refractivity contribution < 1.29 is 4.79 Å². The third-order valence-electron chi connectivity index (χ3n) is 2.44. The molecule has 1 aliphatic carbocycles.